The average Bonchev–Trinajstić information content (AvgIpc) is 2.90. The van der Waals surface area contributed by atoms with Crippen molar-refractivity contribution in [3.05, 3.63) is 11.8 Å². The van der Waals surface area contributed by atoms with Gasteiger partial charge in [0.15, 0.2) is 5.69 Å². The highest BCUT2D eigenvalue weighted by atomic mass is 32.2. The van der Waals surface area contributed by atoms with E-state index in [1.54, 1.807) is 6.92 Å². The maximum Gasteiger partial charge on any atom is 0.534 e. The van der Waals surface area contributed by atoms with Crippen molar-refractivity contribution in [3.63, 3.8) is 0 Å². The Bertz CT molecular complexity index is 709. The second-order valence-corrected chi connectivity index (χ2v) is 7.30. The first-order valence-electron chi connectivity index (χ1n) is 7.89. The number of rotatable bonds is 6. The summed E-state index contributed by atoms with van der Waals surface area (Å²) in [5, 5.41) is 3.87. The fourth-order valence-corrected chi connectivity index (χ4v) is 3.13. The zero-order valence-electron chi connectivity index (χ0n) is 13.6. The molecule has 1 saturated carbocycles. The van der Waals surface area contributed by atoms with Gasteiger partial charge in [-0.1, -0.05) is 19.3 Å². The van der Waals surface area contributed by atoms with Gasteiger partial charge in [0.1, 0.15) is 0 Å². The molecule has 0 amide bonds. The van der Waals surface area contributed by atoms with Gasteiger partial charge in [-0.2, -0.15) is 26.7 Å². The summed E-state index contributed by atoms with van der Waals surface area (Å²) < 4.78 is 70.1. The molecule has 1 aliphatic rings. The molecule has 0 aliphatic heterocycles. The van der Waals surface area contributed by atoms with E-state index in [4.69, 9.17) is 4.74 Å². The van der Waals surface area contributed by atoms with E-state index in [2.05, 4.69) is 9.28 Å². The van der Waals surface area contributed by atoms with Crippen molar-refractivity contribution in [2.45, 2.75) is 51.1 Å². The highest BCUT2D eigenvalue weighted by Crippen LogP contribution is 2.30. The number of alkyl halides is 3. The van der Waals surface area contributed by atoms with Crippen LogP contribution in [0.25, 0.3) is 0 Å². The number of carbonyl (C=O) groups is 1. The largest absolute Gasteiger partial charge is 0.534 e. The number of ether oxygens (including phenoxy) is 1. The second-order valence-electron chi connectivity index (χ2n) is 5.76. The van der Waals surface area contributed by atoms with Gasteiger partial charge >= 0.3 is 21.6 Å². The first-order valence-corrected chi connectivity index (χ1v) is 9.30. The Labute approximate surface area is 143 Å². The summed E-state index contributed by atoms with van der Waals surface area (Å²) in [4.78, 5) is 11.7. The van der Waals surface area contributed by atoms with Crippen LogP contribution in [-0.4, -0.2) is 36.3 Å². The van der Waals surface area contributed by atoms with Crippen molar-refractivity contribution < 1.29 is 35.3 Å². The average molecular weight is 384 g/mol. The zero-order chi connectivity index (χ0) is 18.7. The quantitative estimate of drug-likeness (QED) is 0.426. The standard InChI is InChI=1S/C14H19F3N2O5S/c1-2-23-13(20)11-8-12(24-25(21,22)14(15,16)17)19(18-11)9-10-6-4-3-5-7-10/h8,10H,2-7,9H2,1H3. The van der Waals surface area contributed by atoms with Crippen LogP contribution >= 0.6 is 0 Å². The fraction of sp³-hybridized carbons (Fsp3) is 0.714. The molecule has 0 atom stereocenters. The van der Waals surface area contributed by atoms with Gasteiger partial charge in [-0.15, -0.1) is 0 Å². The summed E-state index contributed by atoms with van der Waals surface area (Å²) >= 11 is 0. The molecule has 1 aromatic heterocycles. The molecular formula is C14H19F3N2O5S. The maximum atomic E-state index is 12.6. The van der Waals surface area contributed by atoms with Gasteiger partial charge in [0.05, 0.1) is 6.61 Å². The molecule has 0 bridgehead atoms. The van der Waals surface area contributed by atoms with Gasteiger partial charge in [0.25, 0.3) is 0 Å². The third kappa shape index (κ3) is 4.86. The lowest BCUT2D eigenvalue weighted by Crippen LogP contribution is -2.29. The van der Waals surface area contributed by atoms with Crippen LogP contribution in [0.3, 0.4) is 0 Å². The fourth-order valence-electron chi connectivity index (χ4n) is 2.68. The van der Waals surface area contributed by atoms with Crippen LogP contribution in [-0.2, 0) is 21.4 Å². The van der Waals surface area contributed by atoms with Crippen LogP contribution < -0.4 is 4.18 Å². The highest BCUT2D eigenvalue weighted by molar-refractivity contribution is 7.87. The lowest BCUT2D eigenvalue weighted by molar-refractivity contribution is -0.0502. The van der Waals surface area contributed by atoms with Gasteiger partial charge < -0.3 is 8.92 Å². The van der Waals surface area contributed by atoms with Crippen molar-refractivity contribution in [2.24, 2.45) is 5.92 Å². The number of nitrogens with zero attached hydrogens (tertiary/aromatic N) is 2. The van der Waals surface area contributed by atoms with E-state index in [0.29, 0.717) is 0 Å². The first kappa shape index (κ1) is 19.5. The molecule has 0 radical (unpaired) electrons. The van der Waals surface area contributed by atoms with Gasteiger partial charge in [0, 0.05) is 12.6 Å². The predicted octanol–water partition coefficient (Wildman–Crippen LogP) is 2.87. The Kier molecular flexibility index (Phi) is 5.96. The van der Waals surface area contributed by atoms with Crippen LogP contribution in [0, 0.1) is 5.92 Å². The minimum Gasteiger partial charge on any atom is -0.461 e. The molecule has 0 spiro atoms. The molecule has 25 heavy (non-hydrogen) atoms. The molecule has 7 nitrogen and oxygen atoms in total. The number of halogens is 3. The molecule has 0 N–H and O–H groups in total. The Balaban J connectivity index is 2.29. The van der Waals surface area contributed by atoms with E-state index in [1.807, 2.05) is 0 Å². The first-order chi connectivity index (χ1) is 11.6. The third-order valence-corrected chi connectivity index (χ3v) is 4.82. The van der Waals surface area contributed by atoms with Crippen molar-refractivity contribution in [1.82, 2.24) is 9.78 Å². The molecule has 1 fully saturated rings. The van der Waals surface area contributed by atoms with E-state index in [1.165, 1.54) is 0 Å². The summed E-state index contributed by atoms with van der Waals surface area (Å²) in [5.41, 5.74) is -5.87. The number of aromatic nitrogens is 2. The van der Waals surface area contributed by atoms with Crippen LogP contribution in [0.4, 0.5) is 13.2 Å². The van der Waals surface area contributed by atoms with Gasteiger partial charge in [-0.25, -0.2) is 9.48 Å². The van der Waals surface area contributed by atoms with Crippen LogP contribution in [0.2, 0.25) is 0 Å². The van der Waals surface area contributed by atoms with Gasteiger partial charge in [-0.05, 0) is 25.7 Å². The molecule has 0 saturated heterocycles. The third-order valence-electron chi connectivity index (χ3n) is 3.86. The highest BCUT2D eigenvalue weighted by Gasteiger charge is 2.49. The molecule has 1 heterocycles. The van der Waals surface area contributed by atoms with Crippen LogP contribution in [0.5, 0.6) is 5.88 Å². The van der Waals surface area contributed by atoms with Crippen molar-refractivity contribution in [2.75, 3.05) is 6.61 Å². The van der Waals surface area contributed by atoms with Crippen molar-refractivity contribution >= 4 is 16.1 Å². The molecule has 11 heteroatoms. The van der Waals surface area contributed by atoms with Crippen molar-refractivity contribution in [3.8, 4) is 5.88 Å². The maximum absolute atomic E-state index is 12.6. The number of esters is 1. The van der Waals surface area contributed by atoms with E-state index >= 15 is 0 Å². The van der Waals surface area contributed by atoms with E-state index < -0.39 is 27.5 Å². The molecular weight excluding hydrogens is 365 g/mol. The van der Waals surface area contributed by atoms with Crippen LogP contribution in [0.1, 0.15) is 49.5 Å². The van der Waals surface area contributed by atoms with Gasteiger partial charge in [0.2, 0.25) is 5.88 Å². The number of hydrogen-bond donors (Lipinski definition) is 0. The smallest absolute Gasteiger partial charge is 0.461 e. The van der Waals surface area contributed by atoms with Crippen LogP contribution in [0.15, 0.2) is 6.07 Å². The summed E-state index contributed by atoms with van der Waals surface area (Å²) in [6.07, 6.45) is 4.73. The topological polar surface area (TPSA) is 87.5 Å². The lowest BCUT2D eigenvalue weighted by Gasteiger charge is -2.22. The Hall–Kier alpha value is -1.78. The molecule has 142 valence electrons. The Morgan fingerprint density at radius 2 is 1.96 bits per heavy atom. The Morgan fingerprint density at radius 1 is 1.32 bits per heavy atom. The minimum atomic E-state index is -5.85. The molecule has 1 aromatic rings. The van der Waals surface area contributed by atoms with E-state index in [-0.39, 0.29) is 24.8 Å². The monoisotopic (exact) mass is 384 g/mol. The summed E-state index contributed by atoms with van der Waals surface area (Å²) in [6, 6.07) is 0.851. The zero-order valence-corrected chi connectivity index (χ0v) is 14.4. The summed E-state index contributed by atoms with van der Waals surface area (Å²) in [7, 11) is -5.85. The second kappa shape index (κ2) is 7.63. The molecule has 1 aliphatic carbocycles. The summed E-state index contributed by atoms with van der Waals surface area (Å²) in [6.45, 7) is 1.77. The molecule has 2 rings (SSSR count). The van der Waals surface area contributed by atoms with E-state index in [9.17, 15) is 26.4 Å². The Morgan fingerprint density at radius 3 is 2.52 bits per heavy atom. The molecule has 0 aromatic carbocycles. The lowest BCUT2D eigenvalue weighted by atomic mass is 9.89. The number of hydrogen-bond acceptors (Lipinski definition) is 6. The number of carbonyl (C=O) groups excluding carboxylic acids is 1. The minimum absolute atomic E-state index is 0.0470. The summed E-state index contributed by atoms with van der Waals surface area (Å²) in [5.74, 6) is -1.38. The SMILES string of the molecule is CCOC(=O)c1cc(OS(=O)(=O)C(F)(F)F)n(CC2CCCCC2)n1. The van der Waals surface area contributed by atoms with E-state index in [0.717, 1.165) is 42.9 Å². The molecule has 0 unspecified atom stereocenters. The van der Waals surface area contributed by atoms with Gasteiger partial charge in [-0.3, -0.25) is 0 Å². The van der Waals surface area contributed by atoms with Crippen molar-refractivity contribution in [1.29, 1.82) is 0 Å². The predicted molar refractivity (Wildman–Crippen MR) is 80.4 cm³/mol. The normalized spacial score (nSPS) is 16.6.